The van der Waals surface area contributed by atoms with E-state index in [1.54, 1.807) is 0 Å². The van der Waals surface area contributed by atoms with E-state index in [4.69, 9.17) is 5.73 Å². The maximum absolute atomic E-state index is 11.8. The van der Waals surface area contributed by atoms with Crippen LogP contribution in [0.4, 0.5) is 5.69 Å². The van der Waals surface area contributed by atoms with E-state index >= 15 is 0 Å². The van der Waals surface area contributed by atoms with Crippen molar-refractivity contribution in [1.29, 1.82) is 0 Å². The molecule has 1 aromatic carbocycles. The molecule has 4 heteroatoms. The van der Waals surface area contributed by atoms with E-state index in [9.17, 15) is 4.79 Å². The third-order valence-electron chi connectivity index (χ3n) is 3.36. The maximum Gasteiger partial charge on any atom is 0.230 e. The lowest BCUT2D eigenvalue weighted by atomic mass is 10.2. The van der Waals surface area contributed by atoms with Crippen molar-refractivity contribution in [1.82, 2.24) is 5.32 Å². The molecule has 3 nitrogen and oxygen atoms in total. The van der Waals surface area contributed by atoms with Gasteiger partial charge in [0.2, 0.25) is 5.91 Å². The van der Waals surface area contributed by atoms with Crippen molar-refractivity contribution in [3.05, 3.63) is 23.8 Å². The number of carbonyl (C=O) groups is 1. The Morgan fingerprint density at radius 3 is 2.89 bits per heavy atom. The van der Waals surface area contributed by atoms with Gasteiger partial charge >= 0.3 is 0 Å². The van der Waals surface area contributed by atoms with Gasteiger partial charge in [-0.1, -0.05) is 25.0 Å². The van der Waals surface area contributed by atoms with Gasteiger partial charge in [0.25, 0.3) is 0 Å². The number of anilines is 1. The van der Waals surface area contributed by atoms with Crippen molar-refractivity contribution in [2.24, 2.45) is 0 Å². The third kappa shape index (κ3) is 3.42. The van der Waals surface area contributed by atoms with Crippen molar-refractivity contribution in [2.75, 3.05) is 11.5 Å². The van der Waals surface area contributed by atoms with Crippen LogP contribution >= 0.6 is 11.8 Å². The molecule has 0 aromatic heterocycles. The van der Waals surface area contributed by atoms with Gasteiger partial charge < -0.3 is 11.1 Å². The highest BCUT2D eigenvalue weighted by Gasteiger charge is 2.17. The third-order valence-corrected chi connectivity index (χ3v) is 4.44. The fourth-order valence-corrected chi connectivity index (χ4v) is 3.12. The van der Waals surface area contributed by atoms with Crippen molar-refractivity contribution >= 4 is 23.4 Å². The van der Waals surface area contributed by atoms with E-state index in [-0.39, 0.29) is 5.91 Å². The lowest BCUT2D eigenvalue weighted by Crippen LogP contribution is -2.33. The number of thioether (sulfide) groups is 1. The van der Waals surface area contributed by atoms with Crippen LogP contribution in [-0.2, 0) is 4.79 Å². The van der Waals surface area contributed by atoms with Gasteiger partial charge in [-0.2, -0.15) is 0 Å². The van der Waals surface area contributed by atoms with Gasteiger partial charge in [-0.15, -0.1) is 11.8 Å². The summed E-state index contributed by atoms with van der Waals surface area (Å²) >= 11 is 1.52. The molecule has 0 spiro atoms. The second-order valence-corrected chi connectivity index (χ2v) is 5.84. The lowest BCUT2D eigenvalue weighted by molar-refractivity contribution is -0.119. The Kier molecular flexibility index (Phi) is 4.53. The number of rotatable bonds is 4. The Hall–Kier alpha value is -1.16. The zero-order chi connectivity index (χ0) is 13.0. The van der Waals surface area contributed by atoms with E-state index < -0.39 is 0 Å². The van der Waals surface area contributed by atoms with Gasteiger partial charge in [-0.3, -0.25) is 4.79 Å². The molecule has 18 heavy (non-hydrogen) atoms. The number of carbonyl (C=O) groups excluding carboxylic acids is 1. The molecular weight excluding hydrogens is 244 g/mol. The minimum absolute atomic E-state index is 0.118. The molecule has 1 aliphatic rings. The lowest BCUT2D eigenvalue weighted by Gasteiger charge is -2.12. The first-order chi connectivity index (χ1) is 8.66. The predicted octanol–water partition coefficient (Wildman–Crippen LogP) is 2.73. The maximum atomic E-state index is 11.8. The van der Waals surface area contributed by atoms with Crippen LogP contribution in [0.5, 0.6) is 0 Å². The average molecular weight is 264 g/mol. The van der Waals surface area contributed by atoms with Crippen molar-refractivity contribution in [2.45, 2.75) is 43.5 Å². The van der Waals surface area contributed by atoms with E-state index in [0.717, 1.165) is 29.0 Å². The molecular formula is C14H20N2OS. The van der Waals surface area contributed by atoms with Crippen molar-refractivity contribution < 1.29 is 4.79 Å². The smallest absolute Gasteiger partial charge is 0.230 e. The van der Waals surface area contributed by atoms with Crippen LogP contribution in [0, 0.1) is 6.92 Å². The van der Waals surface area contributed by atoms with Crippen LogP contribution in [0.25, 0.3) is 0 Å². The van der Waals surface area contributed by atoms with Gasteiger partial charge in [0.05, 0.1) is 5.75 Å². The van der Waals surface area contributed by atoms with Crippen LogP contribution in [0.15, 0.2) is 23.1 Å². The largest absolute Gasteiger partial charge is 0.398 e. The summed E-state index contributed by atoms with van der Waals surface area (Å²) in [5.41, 5.74) is 7.83. The molecule has 1 aliphatic carbocycles. The van der Waals surface area contributed by atoms with E-state index in [1.165, 1.54) is 24.6 Å². The molecule has 0 saturated heterocycles. The van der Waals surface area contributed by atoms with E-state index in [0.29, 0.717) is 11.8 Å². The molecule has 2 rings (SSSR count). The molecule has 0 radical (unpaired) electrons. The Morgan fingerprint density at radius 1 is 1.44 bits per heavy atom. The summed E-state index contributed by atoms with van der Waals surface area (Å²) in [5, 5.41) is 3.08. The van der Waals surface area contributed by atoms with Gasteiger partial charge in [-0.25, -0.2) is 0 Å². The topological polar surface area (TPSA) is 55.1 Å². The molecule has 98 valence electrons. The number of hydrogen-bond acceptors (Lipinski definition) is 3. The van der Waals surface area contributed by atoms with Crippen molar-refractivity contribution in [3.8, 4) is 0 Å². The molecule has 0 atom stereocenters. The minimum Gasteiger partial charge on any atom is -0.398 e. The van der Waals surface area contributed by atoms with Gasteiger partial charge in [0, 0.05) is 16.6 Å². The quantitative estimate of drug-likeness (QED) is 0.649. The van der Waals surface area contributed by atoms with E-state index in [1.807, 2.05) is 25.1 Å². The predicted molar refractivity (Wildman–Crippen MR) is 76.7 cm³/mol. The number of nitrogens with one attached hydrogen (secondary N) is 1. The summed E-state index contributed by atoms with van der Waals surface area (Å²) in [6.45, 7) is 1.98. The Bertz CT molecular complexity index is 428. The summed E-state index contributed by atoms with van der Waals surface area (Å²) in [7, 11) is 0. The monoisotopic (exact) mass is 264 g/mol. The van der Waals surface area contributed by atoms with Crippen LogP contribution in [0.3, 0.4) is 0 Å². The van der Waals surface area contributed by atoms with Gasteiger partial charge in [-0.05, 0) is 31.4 Å². The Balaban J connectivity index is 1.83. The van der Waals surface area contributed by atoms with Crippen LogP contribution < -0.4 is 11.1 Å². The zero-order valence-corrected chi connectivity index (χ0v) is 11.6. The minimum atomic E-state index is 0.118. The summed E-state index contributed by atoms with van der Waals surface area (Å²) in [6, 6.07) is 6.32. The molecule has 1 fully saturated rings. The number of aryl methyl sites for hydroxylation is 1. The first-order valence-electron chi connectivity index (χ1n) is 6.44. The van der Waals surface area contributed by atoms with E-state index in [2.05, 4.69) is 5.32 Å². The summed E-state index contributed by atoms with van der Waals surface area (Å²) < 4.78 is 0. The number of nitrogen functional groups attached to an aromatic ring is 1. The molecule has 0 heterocycles. The molecule has 1 aromatic rings. The number of benzene rings is 1. The standard InChI is InChI=1S/C14H20N2OS/c1-10-5-4-8-12(14(10)15)18-9-13(17)16-11-6-2-3-7-11/h4-5,8,11H,2-3,6-7,9,15H2,1H3,(H,16,17). The highest BCUT2D eigenvalue weighted by atomic mass is 32.2. The summed E-state index contributed by atoms with van der Waals surface area (Å²) in [4.78, 5) is 12.8. The zero-order valence-electron chi connectivity index (χ0n) is 10.7. The first-order valence-corrected chi connectivity index (χ1v) is 7.42. The normalized spacial score (nSPS) is 15.8. The average Bonchev–Trinajstić information content (AvgIpc) is 2.84. The molecule has 1 amide bonds. The second-order valence-electron chi connectivity index (χ2n) is 4.82. The highest BCUT2D eigenvalue weighted by Crippen LogP contribution is 2.27. The second kappa shape index (κ2) is 6.14. The molecule has 3 N–H and O–H groups in total. The molecule has 0 unspecified atom stereocenters. The molecule has 0 bridgehead atoms. The number of hydrogen-bond donors (Lipinski definition) is 2. The Morgan fingerprint density at radius 2 is 2.17 bits per heavy atom. The van der Waals surface area contributed by atoms with Crippen LogP contribution in [-0.4, -0.2) is 17.7 Å². The SMILES string of the molecule is Cc1cccc(SCC(=O)NC2CCCC2)c1N. The first kappa shape index (κ1) is 13.3. The van der Waals surface area contributed by atoms with Gasteiger partial charge in [0.15, 0.2) is 0 Å². The number of amides is 1. The van der Waals surface area contributed by atoms with Gasteiger partial charge in [0.1, 0.15) is 0 Å². The highest BCUT2D eigenvalue weighted by molar-refractivity contribution is 8.00. The summed E-state index contributed by atoms with van der Waals surface area (Å²) in [6.07, 6.45) is 4.73. The summed E-state index contributed by atoms with van der Waals surface area (Å²) in [5.74, 6) is 0.567. The fraction of sp³-hybridized carbons (Fsp3) is 0.500. The Labute approximate surface area is 113 Å². The number of nitrogens with two attached hydrogens (primary N) is 1. The van der Waals surface area contributed by atoms with Crippen molar-refractivity contribution in [3.63, 3.8) is 0 Å². The van der Waals surface area contributed by atoms with Crippen LogP contribution in [0.2, 0.25) is 0 Å². The number of para-hydroxylation sites is 1. The van der Waals surface area contributed by atoms with Crippen LogP contribution in [0.1, 0.15) is 31.2 Å². The molecule has 0 aliphatic heterocycles. The fourth-order valence-electron chi connectivity index (χ4n) is 2.26. The molecule has 1 saturated carbocycles.